The lowest BCUT2D eigenvalue weighted by atomic mass is 10.2. The molecule has 4 nitrogen and oxygen atoms in total. The van der Waals surface area contributed by atoms with Crippen molar-refractivity contribution in [2.24, 2.45) is 7.05 Å². The van der Waals surface area contributed by atoms with Gasteiger partial charge in [0, 0.05) is 11.5 Å². The van der Waals surface area contributed by atoms with Crippen molar-refractivity contribution in [1.29, 1.82) is 0 Å². The number of hydrogen-bond donors (Lipinski definition) is 1. The molecule has 1 aromatic heterocycles. The van der Waals surface area contributed by atoms with Gasteiger partial charge in [-0.1, -0.05) is 28.1 Å². The van der Waals surface area contributed by atoms with Crippen LogP contribution in [0.15, 0.2) is 34.9 Å². The van der Waals surface area contributed by atoms with Crippen LogP contribution >= 0.6 is 15.9 Å². The molecule has 0 fully saturated rings. The van der Waals surface area contributed by atoms with E-state index in [0.29, 0.717) is 0 Å². The van der Waals surface area contributed by atoms with Crippen molar-refractivity contribution in [2.75, 3.05) is 0 Å². The van der Waals surface area contributed by atoms with Crippen molar-refractivity contribution in [3.05, 3.63) is 40.8 Å². The highest BCUT2D eigenvalue weighted by molar-refractivity contribution is 9.10. The molecule has 0 radical (unpaired) electrons. The summed E-state index contributed by atoms with van der Waals surface area (Å²) in [6.45, 7) is 0. The minimum absolute atomic E-state index is 0.0397. The SMILES string of the molecule is Cn1c(-c2ccc(Br)cc2)cnc1C(=O)O. The van der Waals surface area contributed by atoms with E-state index in [1.807, 2.05) is 24.3 Å². The third-order valence-corrected chi connectivity index (χ3v) is 2.85. The molecule has 0 aliphatic rings. The Morgan fingerprint density at radius 1 is 1.38 bits per heavy atom. The Kier molecular flexibility index (Phi) is 2.78. The van der Waals surface area contributed by atoms with Crippen molar-refractivity contribution >= 4 is 21.9 Å². The number of aromatic nitrogens is 2. The van der Waals surface area contributed by atoms with Crippen LogP contribution in [0.25, 0.3) is 11.3 Å². The summed E-state index contributed by atoms with van der Waals surface area (Å²) >= 11 is 3.35. The van der Waals surface area contributed by atoms with Crippen molar-refractivity contribution in [3.63, 3.8) is 0 Å². The standard InChI is InChI=1S/C11H9BrN2O2/c1-14-9(6-13-10(14)11(15)16)7-2-4-8(12)5-3-7/h2-6H,1H3,(H,15,16). The summed E-state index contributed by atoms with van der Waals surface area (Å²) in [7, 11) is 1.69. The molecule has 2 rings (SSSR count). The molecule has 82 valence electrons. The normalized spacial score (nSPS) is 10.4. The second kappa shape index (κ2) is 4.09. The summed E-state index contributed by atoms with van der Waals surface area (Å²) in [4.78, 5) is 14.7. The molecule has 0 saturated heterocycles. The number of hydrogen-bond acceptors (Lipinski definition) is 2. The number of carbonyl (C=O) groups is 1. The third kappa shape index (κ3) is 1.86. The van der Waals surface area contributed by atoms with Gasteiger partial charge in [-0.25, -0.2) is 9.78 Å². The van der Waals surface area contributed by atoms with Gasteiger partial charge in [-0.15, -0.1) is 0 Å². The molecule has 0 aliphatic carbocycles. The quantitative estimate of drug-likeness (QED) is 0.920. The van der Waals surface area contributed by atoms with E-state index in [1.165, 1.54) is 0 Å². The Hall–Kier alpha value is -1.62. The number of imidazole rings is 1. The van der Waals surface area contributed by atoms with Crippen LogP contribution in [0.3, 0.4) is 0 Å². The lowest BCUT2D eigenvalue weighted by molar-refractivity contribution is 0.0680. The maximum Gasteiger partial charge on any atom is 0.372 e. The maximum absolute atomic E-state index is 10.8. The first-order valence-corrected chi connectivity index (χ1v) is 5.40. The molecule has 2 aromatic rings. The zero-order valence-corrected chi connectivity index (χ0v) is 10.1. The second-order valence-corrected chi connectivity index (χ2v) is 4.25. The van der Waals surface area contributed by atoms with Gasteiger partial charge >= 0.3 is 5.97 Å². The topological polar surface area (TPSA) is 55.1 Å². The summed E-state index contributed by atoms with van der Waals surface area (Å²) in [5.74, 6) is -0.983. The molecule has 1 heterocycles. The Morgan fingerprint density at radius 3 is 2.50 bits per heavy atom. The summed E-state index contributed by atoms with van der Waals surface area (Å²) in [6, 6.07) is 7.63. The van der Waals surface area contributed by atoms with Gasteiger partial charge in [0.15, 0.2) is 0 Å². The molecular weight excluding hydrogens is 272 g/mol. The van der Waals surface area contributed by atoms with E-state index in [0.717, 1.165) is 15.7 Å². The monoisotopic (exact) mass is 280 g/mol. The van der Waals surface area contributed by atoms with Gasteiger partial charge < -0.3 is 9.67 Å². The summed E-state index contributed by atoms with van der Waals surface area (Å²) in [5, 5.41) is 8.88. The van der Waals surface area contributed by atoms with Gasteiger partial charge in [-0.3, -0.25) is 0 Å². The smallest absolute Gasteiger partial charge is 0.372 e. The van der Waals surface area contributed by atoms with E-state index in [-0.39, 0.29) is 5.82 Å². The number of halogens is 1. The highest BCUT2D eigenvalue weighted by atomic mass is 79.9. The lowest BCUT2D eigenvalue weighted by Crippen LogP contribution is -2.06. The molecule has 16 heavy (non-hydrogen) atoms. The van der Waals surface area contributed by atoms with E-state index in [4.69, 9.17) is 5.11 Å². The Labute approximate surface area is 101 Å². The van der Waals surface area contributed by atoms with Gasteiger partial charge in [0.05, 0.1) is 11.9 Å². The van der Waals surface area contributed by atoms with Crippen molar-refractivity contribution in [2.45, 2.75) is 0 Å². The minimum Gasteiger partial charge on any atom is -0.475 e. The zero-order valence-electron chi connectivity index (χ0n) is 8.51. The Morgan fingerprint density at radius 2 is 2.00 bits per heavy atom. The van der Waals surface area contributed by atoms with Crippen LogP contribution in [0.2, 0.25) is 0 Å². The largest absolute Gasteiger partial charge is 0.475 e. The summed E-state index contributed by atoms with van der Waals surface area (Å²) in [5.41, 5.74) is 1.72. The maximum atomic E-state index is 10.8. The highest BCUT2D eigenvalue weighted by Gasteiger charge is 2.13. The molecule has 0 amide bonds. The van der Waals surface area contributed by atoms with Gasteiger partial charge in [0.1, 0.15) is 0 Å². The molecule has 5 heteroatoms. The molecule has 0 atom stereocenters. The highest BCUT2D eigenvalue weighted by Crippen LogP contribution is 2.21. The first-order valence-electron chi connectivity index (χ1n) is 4.60. The molecular formula is C11H9BrN2O2. The van der Waals surface area contributed by atoms with Crippen LogP contribution in [-0.4, -0.2) is 20.6 Å². The molecule has 0 unspecified atom stereocenters. The molecule has 1 aromatic carbocycles. The molecule has 0 bridgehead atoms. The molecule has 0 spiro atoms. The van der Waals surface area contributed by atoms with Gasteiger partial charge in [-0.05, 0) is 17.7 Å². The first kappa shape index (κ1) is 10.9. The number of rotatable bonds is 2. The number of nitrogens with zero attached hydrogens (tertiary/aromatic N) is 2. The Bertz CT molecular complexity index is 531. The fourth-order valence-corrected chi connectivity index (χ4v) is 1.76. The summed E-state index contributed by atoms with van der Waals surface area (Å²) in [6.07, 6.45) is 1.56. The third-order valence-electron chi connectivity index (χ3n) is 2.32. The predicted octanol–water partition coefficient (Wildman–Crippen LogP) is 2.55. The van der Waals surface area contributed by atoms with Crippen molar-refractivity contribution < 1.29 is 9.90 Å². The van der Waals surface area contributed by atoms with Gasteiger partial charge in [0.25, 0.3) is 0 Å². The minimum atomic E-state index is -1.02. The zero-order chi connectivity index (χ0) is 11.7. The van der Waals surface area contributed by atoms with E-state index >= 15 is 0 Å². The number of carboxylic acid groups (broad SMARTS) is 1. The first-order chi connectivity index (χ1) is 7.59. The van der Waals surface area contributed by atoms with Crippen LogP contribution in [0.4, 0.5) is 0 Å². The molecule has 0 aliphatic heterocycles. The number of carboxylic acids is 1. The number of aromatic carboxylic acids is 1. The van der Waals surface area contributed by atoms with Gasteiger partial charge in [-0.2, -0.15) is 0 Å². The van der Waals surface area contributed by atoms with E-state index in [2.05, 4.69) is 20.9 Å². The van der Waals surface area contributed by atoms with Crippen LogP contribution in [0.5, 0.6) is 0 Å². The molecule has 1 N–H and O–H groups in total. The van der Waals surface area contributed by atoms with Crippen molar-refractivity contribution in [1.82, 2.24) is 9.55 Å². The van der Waals surface area contributed by atoms with Crippen LogP contribution in [0.1, 0.15) is 10.6 Å². The Balaban J connectivity index is 2.49. The second-order valence-electron chi connectivity index (χ2n) is 3.34. The number of benzene rings is 1. The fourth-order valence-electron chi connectivity index (χ4n) is 1.50. The predicted molar refractivity (Wildman–Crippen MR) is 63.3 cm³/mol. The van der Waals surface area contributed by atoms with E-state index in [9.17, 15) is 4.79 Å². The van der Waals surface area contributed by atoms with E-state index < -0.39 is 5.97 Å². The van der Waals surface area contributed by atoms with Crippen LogP contribution < -0.4 is 0 Å². The van der Waals surface area contributed by atoms with E-state index in [1.54, 1.807) is 17.8 Å². The van der Waals surface area contributed by atoms with Crippen molar-refractivity contribution in [3.8, 4) is 11.3 Å². The van der Waals surface area contributed by atoms with Crippen LogP contribution in [0, 0.1) is 0 Å². The average Bonchev–Trinajstić information content (AvgIpc) is 2.61. The molecule has 0 saturated carbocycles. The summed E-state index contributed by atoms with van der Waals surface area (Å²) < 4.78 is 2.54. The van der Waals surface area contributed by atoms with Crippen LogP contribution in [-0.2, 0) is 7.05 Å². The lowest BCUT2D eigenvalue weighted by Gasteiger charge is -2.03. The van der Waals surface area contributed by atoms with Gasteiger partial charge in [0.2, 0.25) is 5.82 Å². The fraction of sp³-hybridized carbons (Fsp3) is 0.0909. The average molecular weight is 281 g/mol.